The Morgan fingerprint density at radius 2 is 1.00 bits per heavy atom. The van der Waals surface area contributed by atoms with Gasteiger partial charge in [-0.25, -0.2) is 0 Å². The maximum atomic E-state index is 2.08. The fourth-order valence-corrected chi connectivity index (χ4v) is 0. The zero-order valence-electron chi connectivity index (χ0n) is 6.65. The SMILES string of the molecule is C.C[C-](C)C.C[CH-]C.[Y]. The molecule has 0 aromatic rings. The predicted molar refractivity (Wildman–Crippen MR) is 42.6 cm³/mol. The summed E-state index contributed by atoms with van der Waals surface area (Å²) in [7, 11) is 0. The first kappa shape index (κ1) is 22.5. The fourth-order valence-electron chi connectivity index (χ4n) is 0. The van der Waals surface area contributed by atoms with Gasteiger partial charge in [-0.2, -0.15) is 34.6 Å². The first-order chi connectivity index (χ1) is 3.15. The molecule has 0 bridgehead atoms. The van der Waals surface area contributed by atoms with Crippen molar-refractivity contribution in [3.8, 4) is 0 Å². The topological polar surface area (TPSA) is 0 Å². The average molecular weight is 205 g/mol. The molecule has 57 valence electrons. The minimum Gasteiger partial charge on any atom is -0.335 e. The summed E-state index contributed by atoms with van der Waals surface area (Å²) in [6.45, 7) is 10.2. The van der Waals surface area contributed by atoms with Crippen molar-refractivity contribution in [2.75, 3.05) is 0 Å². The molecule has 9 heavy (non-hydrogen) atoms. The monoisotopic (exact) mass is 205 g/mol. The summed E-state index contributed by atoms with van der Waals surface area (Å²) in [6.07, 6.45) is 2.00. The predicted octanol–water partition coefficient (Wildman–Crippen LogP) is 3.48. The van der Waals surface area contributed by atoms with Crippen molar-refractivity contribution in [3.05, 3.63) is 12.3 Å². The first-order valence-electron chi connectivity index (χ1n) is 2.65. The van der Waals surface area contributed by atoms with Crippen LogP contribution in [0.2, 0.25) is 0 Å². The smallest absolute Gasteiger partial charge is 0 e. The molecule has 0 aliphatic heterocycles. The second-order valence-electron chi connectivity index (χ2n) is 2.08. The first-order valence-corrected chi connectivity index (χ1v) is 2.65. The Hall–Kier alpha value is 1.10. The third kappa shape index (κ3) is 377. The Labute approximate surface area is 86.7 Å². The van der Waals surface area contributed by atoms with Gasteiger partial charge in [-0.05, 0) is 0 Å². The third-order valence-corrected chi connectivity index (χ3v) is 0. The van der Waals surface area contributed by atoms with Gasteiger partial charge < -0.3 is 12.3 Å². The van der Waals surface area contributed by atoms with Crippen LogP contribution in [-0.4, -0.2) is 0 Å². The van der Waals surface area contributed by atoms with Crippen LogP contribution in [0.15, 0.2) is 0 Å². The molecule has 0 fully saturated rings. The van der Waals surface area contributed by atoms with Gasteiger partial charge in [0.1, 0.15) is 0 Å². The standard InChI is InChI=1S/C4H9.C3H7.CH4.Y/c1-4(2)3;1-3-2;;/h1-3H3;3H,1-2H3;1H4;/q2*-1;;. The maximum absolute atomic E-state index is 2.08. The van der Waals surface area contributed by atoms with Gasteiger partial charge in [0, 0.05) is 32.7 Å². The Morgan fingerprint density at radius 1 is 1.00 bits per heavy atom. The van der Waals surface area contributed by atoms with Crippen molar-refractivity contribution >= 4 is 0 Å². The summed E-state index contributed by atoms with van der Waals surface area (Å²) in [6, 6.07) is 0. The second-order valence-corrected chi connectivity index (χ2v) is 2.08. The largest absolute Gasteiger partial charge is 0.335 e. The number of hydrogen-bond acceptors (Lipinski definition) is 0. The molecular formula is C8H20Y-2. The van der Waals surface area contributed by atoms with E-state index in [1.165, 1.54) is 5.92 Å². The molecule has 0 N–H and O–H groups in total. The molecule has 0 saturated carbocycles. The van der Waals surface area contributed by atoms with Crippen molar-refractivity contribution in [1.82, 2.24) is 0 Å². The van der Waals surface area contributed by atoms with Gasteiger partial charge in [-0.3, -0.25) is 0 Å². The van der Waals surface area contributed by atoms with E-state index in [9.17, 15) is 0 Å². The van der Waals surface area contributed by atoms with E-state index in [4.69, 9.17) is 0 Å². The summed E-state index contributed by atoms with van der Waals surface area (Å²) >= 11 is 0. The summed E-state index contributed by atoms with van der Waals surface area (Å²) in [4.78, 5) is 0. The van der Waals surface area contributed by atoms with E-state index in [0.717, 1.165) is 0 Å². The van der Waals surface area contributed by atoms with E-state index in [1.807, 2.05) is 20.3 Å². The summed E-state index contributed by atoms with van der Waals surface area (Å²) in [5, 5.41) is 0. The van der Waals surface area contributed by atoms with E-state index >= 15 is 0 Å². The maximum Gasteiger partial charge on any atom is 0 e. The molecular weight excluding hydrogens is 185 g/mol. The Morgan fingerprint density at radius 3 is 1.00 bits per heavy atom. The van der Waals surface area contributed by atoms with Gasteiger partial charge >= 0.3 is 0 Å². The average Bonchev–Trinajstić information content (AvgIpc) is 1.33. The van der Waals surface area contributed by atoms with Crippen LogP contribution in [0, 0.1) is 12.3 Å². The summed E-state index contributed by atoms with van der Waals surface area (Å²) in [5.74, 6) is 1.42. The molecule has 0 unspecified atom stereocenters. The normalized spacial score (nSPS) is 6.00. The van der Waals surface area contributed by atoms with E-state index in [0.29, 0.717) is 0 Å². The third-order valence-electron chi connectivity index (χ3n) is 0. The van der Waals surface area contributed by atoms with E-state index in [-0.39, 0.29) is 40.1 Å². The van der Waals surface area contributed by atoms with Crippen molar-refractivity contribution < 1.29 is 32.7 Å². The molecule has 0 spiro atoms. The van der Waals surface area contributed by atoms with Crippen molar-refractivity contribution in [2.24, 2.45) is 0 Å². The zero-order valence-corrected chi connectivity index (χ0v) is 9.49. The Kier molecular flexibility index (Phi) is 57.3. The fraction of sp³-hybridized carbons (Fsp3) is 0.750. The summed E-state index contributed by atoms with van der Waals surface area (Å²) < 4.78 is 0. The van der Waals surface area contributed by atoms with E-state index in [2.05, 4.69) is 20.8 Å². The molecule has 1 radical (unpaired) electrons. The summed E-state index contributed by atoms with van der Waals surface area (Å²) in [5.41, 5.74) is 0. The second kappa shape index (κ2) is 23.0. The molecule has 0 amide bonds. The van der Waals surface area contributed by atoms with Gasteiger partial charge in [-0.15, -0.1) is 0 Å². The van der Waals surface area contributed by atoms with Gasteiger partial charge in [-0.1, -0.05) is 7.43 Å². The van der Waals surface area contributed by atoms with Gasteiger partial charge in [0.15, 0.2) is 0 Å². The van der Waals surface area contributed by atoms with Crippen LogP contribution in [0.25, 0.3) is 0 Å². The quantitative estimate of drug-likeness (QED) is 0.531. The van der Waals surface area contributed by atoms with Crippen LogP contribution in [0.5, 0.6) is 0 Å². The minimum atomic E-state index is 0. The number of rotatable bonds is 0. The molecule has 0 aliphatic rings. The molecule has 0 nitrogen and oxygen atoms in total. The molecule has 0 rings (SSSR count). The Bertz CT molecular complexity index is 15.8. The van der Waals surface area contributed by atoms with Crippen LogP contribution in [0.4, 0.5) is 0 Å². The van der Waals surface area contributed by atoms with Crippen LogP contribution in [-0.2, 0) is 32.7 Å². The van der Waals surface area contributed by atoms with Crippen molar-refractivity contribution in [1.29, 1.82) is 0 Å². The van der Waals surface area contributed by atoms with E-state index in [1.54, 1.807) is 0 Å². The van der Waals surface area contributed by atoms with Crippen LogP contribution < -0.4 is 0 Å². The molecule has 0 aliphatic carbocycles. The van der Waals surface area contributed by atoms with Crippen molar-refractivity contribution in [2.45, 2.75) is 42.0 Å². The van der Waals surface area contributed by atoms with E-state index < -0.39 is 0 Å². The Balaban J connectivity index is -0.0000000233. The van der Waals surface area contributed by atoms with Gasteiger partial charge in [0.05, 0.1) is 0 Å². The van der Waals surface area contributed by atoms with Crippen LogP contribution >= 0.6 is 0 Å². The molecule has 0 heterocycles. The molecule has 1 heteroatoms. The zero-order chi connectivity index (χ0) is 6.28. The van der Waals surface area contributed by atoms with Crippen LogP contribution in [0.3, 0.4) is 0 Å². The molecule has 0 aromatic heterocycles. The number of hydrogen-bond donors (Lipinski definition) is 0. The minimum absolute atomic E-state index is 0. The molecule has 0 saturated heterocycles. The van der Waals surface area contributed by atoms with Crippen molar-refractivity contribution in [3.63, 3.8) is 0 Å². The molecule has 0 aromatic carbocycles. The molecule has 0 atom stereocenters. The van der Waals surface area contributed by atoms with Crippen LogP contribution in [0.1, 0.15) is 42.0 Å². The van der Waals surface area contributed by atoms with Gasteiger partial charge in [0.2, 0.25) is 0 Å². The van der Waals surface area contributed by atoms with Gasteiger partial charge in [0.25, 0.3) is 0 Å².